The van der Waals surface area contributed by atoms with Gasteiger partial charge in [-0.1, -0.05) is 64.0 Å². The van der Waals surface area contributed by atoms with E-state index < -0.39 is 0 Å². The second-order valence-electron chi connectivity index (χ2n) is 8.12. The Hall–Kier alpha value is -1.37. The minimum Gasteiger partial charge on any atom is -0.348 e. The molecule has 2 fully saturated rings. The van der Waals surface area contributed by atoms with E-state index in [0.717, 1.165) is 30.6 Å². The summed E-state index contributed by atoms with van der Waals surface area (Å²) in [6.07, 6.45) is 12.2. The van der Waals surface area contributed by atoms with Crippen LogP contribution in [0.1, 0.15) is 82.1 Å². The molecule has 3 rings (SSSR count). The zero-order chi connectivity index (χ0) is 18.2. The molecule has 1 saturated carbocycles. The fraction of sp³-hybridized carbons (Fsp3) is 0.696. The van der Waals surface area contributed by atoms with Crippen molar-refractivity contribution in [1.82, 2.24) is 0 Å². The Morgan fingerprint density at radius 3 is 2.23 bits per heavy atom. The molecule has 1 saturated heterocycles. The minimum atomic E-state index is -0.270. The predicted octanol–water partition coefficient (Wildman–Crippen LogP) is 6.00. The van der Waals surface area contributed by atoms with Crippen LogP contribution >= 0.6 is 0 Å². The molecule has 0 amide bonds. The first-order valence-corrected chi connectivity index (χ1v) is 10.5. The molecular weight excluding hydrogens is 322 g/mol. The van der Waals surface area contributed by atoms with Crippen molar-refractivity contribution in [2.75, 3.05) is 13.2 Å². The Morgan fingerprint density at radius 2 is 1.62 bits per heavy atom. The smallest absolute Gasteiger partial charge is 0.183 e. The van der Waals surface area contributed by atoms with Crippen LogP contribution in [0.15, 0.2) is 24.3 Å². The van der Waals surface area contributed by atoms with E-state index in [0.29, 0.717) is 11.5 Å². The highest BCUT2D eigenvalue weighted by Crippen LogP contribution is 2.38. The van der Waals surface area contributed by atoms with Crippen LogP contribution in [0.3, 0.4) is 0 Å². The van der Waals surface area contributed by atoms with Gasteiger partial charge in [0.15, 0.2) is 6.29 Å². The average Bonchev–Trinajstić information content (AvgIpc) is 2.72. The zero-order valence-corrected chi connectivity index (χ0v) is 16.2. The van der Waals surface area contributed by atoms with Crippen molar-refractivity contribution < 1.29 is 9.47 Å². The molecule has 0 bridgehead atoms. The van der Waals surface area contributed by atoms with Crippen molar-refractivity contribution in [3.63, 3.8) is 0 Å². The standard InChI is InChI=1S/C23H33NO2/c1-2-3-4-5-6-18-7-11-20(12-8-18)22-16-25-23(26-17-22)21-13-9-19(15-24)10-14-21/h9-10,13-14,18,20,22-23H,2-8,11-12,16-17H2,1H3/t18-,20-,22-,23-. The molecule has 1 aliphatic heterocycles. The SMILES string of the molecule is CCCCCC[C@H]1CC[C@H]([C@H]2CO[C@H](c3ccc(C#N)cc3)OC2)CC1. The molecule has 1 heterocycles. The number of hydrogen-bond donors (Lipinski definition) is 0. The van der Waals surface area contributed by atoms with E-state index in [9.17, 15) is 0 Å². The van der Waals surface area contributed by atoms with Gasteiger partial charge in [0.05, 0.1) is 24.8 Å². The van der Waals surface area contributed by atoms with Gasteiger partial charge < -0.3 is 9.47 Å². The summed E-state index contributed by atoms with van der Waals surface area (Å²) in [5.74, 6) is 2.27. The summed E-state index contributed by atoms with van der Waals surface area (Å²) in [5.41, 5.74) is 1.69. The van der Waals surface area contributed by atoms with Crippen LogP contribution in [0.2, 0.25) is 0 Å². The van der Waals surface area contributed by atoms with Crippen molar-refractivity contribution in [2.24, 2.45) is 17.8 Å². The zero-order valence-electron chi connectivity index (χ0n) is 16.2. The van der Waals surface area contributed by atoms with Crippen molar-refractivity contribution in [2.45, 2.75) is 71.0 Å². The summed E-state index contributed by atoms with van der Waals surface area (Å²) < 4.78 is 12.0. The van der Waals surface area contributed by atoms with Gasteiger partial charge in [-0.15, -0.1) is 0 Å². The molecule has 1 aromatic rings. The first-order valence-electron chi connectivity index (χ1n) is 10.5. The van der Waals surface area contributed by atoms with Crippen LogP contribution in [0, 0.1) is 29.1 Å². The van der Waals surface area contributed by atoms with Crippen LogP contribution in [0.25, 0.3) is 0 Å². The summed E-state index contributed by atoms with van der Waals surface area (Å²) >= 11 is 0. The van der Waals surface area contributed by atoms with Gasteiger partial charge in [-0.05, 0) is 36.8 Å². The lowest BCUT2D eigenvalue weighted by Crippen LogP contribution is -2.34. The first kappa shape index (κ1) is 19.4. The lowest BCUT2D eigenvalue weighted by atomic mass is 9.74. The minimum absolute atomic E-state index is 0.270. The molecule has 0 spiro atoms. The number of hydrogen-bond acceptors (Lipinski definition) is 3. The topological polar surface area (TPSA) is 42.2 Å². The maximum atomic E-state index is 8.90. The lowest BCUT2D eigenvalue weighted by molar-refractivity contribution is -0.214. The third-order valence-electron chi connectivity index (χ3n) is 6.26. The van der Waals surface area contributed by atoms with Crippen molar-refractivity contribution >= 4 is 0 Å². The summed E-state index contributed by atoms with van der Waals surface area (Å²) in [6, 6.07) is 9.68. The van der Waals surface area contributed by atoms with Crippen molar-refractivity contribution in [3.05, 3.63) is 35.4 Å². The summed E-state index contributed by atoms with van der Waals surface area (Å²) in [4.78, 5) is 0. The Bertz CT molecular complexity index is 561. The summed E-state index contributed by atoms with van der Waals surface area (Å²) in [5, 5.41) is 8.90. The third-order valence-corrected chi connectivity index (χ3v) is 6.26. The molecule has 0 atom stereocenters. The van der Waals surface area contributed by atoms with Gasteiger partial charge in [0.25, 0.3) is 0 Å². The molecular formula is C23H33NO2. The molecule has 1 aromatic carbocycles. The highest BCUT2D eigenvalue weighted by Gasteiger charge is 2.32. The van der Waals surface area contributed by atoms with Crippen LogP contribution in [-0.2, 0) is 9.47 Å². The largest absolute Gasteiger partial charge is 0.348 e. The van der Waals surface area contributed by atoms with Gasteiger partial charge in [-0.2, -0.15) is 5.26 Å². The number of nitrogens with zero attached hydrogens (tertiary/aromatic N) is 1. The Morgan fingerprint density at radius 1 is 0.923 bits per heavy atom. The number of unbranched alkanes of at least 4 members (excludes halogenated alkanes) is 3. The van der Waals surface area contributed by atoms with E-state index in [1.807, 2.05) is 24.3 Å². The second-order valence-corrected chi connectivity index (χ2v) is 8.12. The van der Waals surface area contributed by atoms with E-state index in [4.69, 9.17) is 14.7 Å². The van der Waals surface area contributed by atoms with Crippen LogP contribution in [0.5, 0.6) is 0 Å². The molecule has 0 unspecified atom stereocenters. The van der Waals surface area contributed by atoms with E-state index >= 15 is 0 Å². The van der Waals surface area contributed by atoms with Crippen molar-refractivity contribution in [1.29, 1.82) is 5.26 Å². The quantitative estimate of drug-likeness (QED) is 0.564. The number of ether oxygens (including phenoxy) is 2. The van der Waals surface area contributed by atoms with Gasteiger partial charge in [-0.25, -0.2) is 0 Å². The number of nitriles is 1. The van der Waals surface area contributed by atoms with Gasteiger partial charge in [0.2, 0.25) is 0 Å². The van der Waals surface area contributed by atoms with Gasteiger partial charge in [0, 0.05) is 11.5 Å². The first-order chi connectivity index (χ1) is 12.8. The van der Waals surface area contributed by atoms with E-state index in [1.54, 1.807) is 0 Å². The fourth-order valence-corrected chi connectivity index (χ4v) is 4.51. The molecule has 2 aliphatic rings. The van der Waals surface area contributed by atoms with E-state index in [1.165, 1.54) is 57.8 Å². The molecule has 0 N–H and O–H groups in total. The molecule has 1 aliphatic carbocycles. The predicted molar refractivity (Wildman–Crippen MR) is 103 cm³/mol. The van der Waals surface area contributed by atoms with Gasteiger partial charge in [-0.3, -0.25) is 0 Å². The normalized spacial score (nSPS) is 29.2. The van der Waals surface area contributed by atoms with Crippen LogP contribution < -0.4 is 0 Å². The monoisotopic (exact) mass is 355 g/mol. The molecule has 3 nitrogen and oxygen atoms in total. The summed E-state index contributed by atoms with van der Waals surface area (Å²) in [7, 11) is 0. The maximum Gasteiger partial charge on any atom is 0.183 e. The molecule has 26 heavy (non-hydrogen) atoms. The highest BCUT2D eigenvalue weighted by atomic mass is 16.7. The molecule has 0 radical (unpaired) electrons. The van der Waals surface area contributed by atoms with E-state index in [2.05, 4.69) is 13.0 Å². The maximum absolute atomic E-state index is 8.90. The highest BCUT2D eigenvalue weighted by molar-refractivity contribution is 5.32. The number of rotatable bonds is 7. The average molecular weight is 356 g/mol. The Kier molecular flexibility index (Phi) is 7.53. The molecule has 142 valence electrons. The van der Waals surface area contributed by atoms with Crippen LogP contribution in [0.4, 0.5) is 0 Å². The van der Waals surface area contributed by atoms with Crippen molar-refractivity contribution in [3.8, 4) is 6.07 Å². The third kappa shape index (κ3) is 5.32. The van der Waals surface area contributed by atoms with Gasteiger partial charge in [0.1, 0.15) is 0 Å². The van der Waals surface area contributed by atoms with Crippen LogP contribution in [-0.4, -0.2) is 13.2 Å². The molecule has 0 aromatic heterocycles. The number of benzene rings is 1. The van der Waals surface area contributed by atoms with E-state index in [-0.39, 0.29) is 6.29 Å². The lowest BCUT2D eigenvalue weighted by Gasteiger charge is -2.38. The molecule has 3 heteroatoms. The van der Waals surface area contributed by atoms with Gasteiger partial charge >= 0.3 is 0 Å². The fourth-order valence-electron chi connectivity index (χ4n) is 4.51. The Labute approximate surface area is 158 Å². The Balaban J connectivity index is 1.38. The summed E-state index contributed by atoms with van der Waals surface area (Å²) in [6.45, 7) is 3.89. The second kappa shape index (κ2) is 10.1.